The van der Waals surface area contributed by atoms with Crippen molar-refractivity contribution in [2.75, 3.05) is 5.32 Å². The van der Waals surface area contributed by atoms with Gasteiger partial charge < -0.3 is 5.32 Å². The van der Waals surface area contributed by atoms with E-state index in [2.05, 4.69) is 31.4 Å². The van der Waals surface area contributed by atoms with Crippen molar-refractivity contribution in [3.8, 4) is 0 Å². The fourth-order valence-electron chi connectivity index (χ4n) is 2.73. The maximum atomic E-state index is 12.7. The number of amides is 1. The Labute approximate surface area is 179 Å². The molecule has 0 fully saturated rings. The van der Waals surface area contributed by atoms with E-state index >= 15 is 0 Å². The Morgan fingerprint density at radius 2 is 1.67 bits per heavy atom. The molecule has 0 saturated carbocycles. The minimum Gasteiger partial charge on any atom is -0.324 e. The number of sulfone groups is 1. The smallest absolute Gasteiger partial charge is 0.324 e. The summed E-state index contributed by atoms with van der Waals surface area (Å²) < 4.78 is 28.1. The first kappa shape index (κ1) is 20.0. The van der Waals surface area contributed by atoms with E-state index in [9.17, 15) is 18.0 Å². The highest BCUT2D eigenvalue weighted by atomic mass is 79.9. The summed E-state index contributed by atoms with van der Waals surface area (Å²) in [6.07, 6.45) is 0. The molecule has 0 unspecified atom stereocenters. The Morgan fingerprint density at radius 1 is 0.967 bits per heavy atom. The van der Waals surface area contributed by atoms with Gasteiger partial charge in [-0.15, -0.1) is 10.2 Å². The van der Waals surface area contributed by atoms with Crippen LogP contribution < -0.4 is 11.0 Å². The van der Waals surface area contributed by atoms with Gasteiger partial charge in [-0.05, 0) is 48.5 Å². The number of fused-ring (bicyclic) bond motifs is 1. The number of carbonyl (C=O) groups is 1. The van der Waals surface area contributed by atoms with Crippen molar-refractivity contribution < 1.29 is 13.2 Å². The topological polar surface area (TPSA) is 115 Å². The molecule has 1 amide bonds. The third kappa shape index (κ3) is 3.89. The van der Waals surface area contributed by atoms with Crippen LogP contribution in [-0.2, 0) is 21.2 Å². The van der Waals surface area contributed by atoms with E-state index in [0.717, 1.165) is 13.7 Å². The van der Waals surface area contributed by atoms with E-state index in [1.165, 1.54) is 24.3 Å². The molecular formula is C19H14BrN5O4S. The molecule has 2 heterocycles. The van der Waals surface area contributed by atoms with Crippen molar-refractivity contribution in [1.82, 2.24) is 19.4 Å². The Kier molecular flexibility index (Phi) is 5.22. The van der Waals surface area contributed by atoms with Crippen molar-refractivity contribution in [3.63, 3.8) is 0 Å². The van der Waals surface area contributed by atoms with Gasteiger partial charge in [-0.1, -0.05) is 34.1 Å². The molecule has 0 bridgehead atoms. The summed E-state index contributed by atoms with van der Waals surface area (Å²) >= 11 is 3.31. The molecule has 0 radical (unpaired) electrons. The van der Waals surface area contributed by atoms with Gasteiger partial charge in [0.2, 0.25) is 15.7 Å². The average molecular weight is 488 g/mol. The molecule has 30 heavy (non-hydrogen) atoms. The third-order valence-corrected chi connectivity index (χ3v) is 6.36. The number of nitrogens with one attached hydrogen (secondary N) is 1. The van der Waals surface area contributed by atoms with Gasteiger partial charge in [-0.25, -0.2) is 17.9 Å². The Morgan fingerprint density at radius 3 is 2.37 bits per heavy atom. The second-order valence-electron chi connectivity index (χ2n) is 6.25. The van der Waals surface area contributed by atoms with Crippen LogP contribution in [0, 0.1) is 0 Å². The Bertz CT molecular complexity index is 1400. The number of aromatic nitrogens is 4. The van der Waals surface area contributed by atoms with Crippen LogP contribution in [-0.4, -0.2) is 33.7 Å². The molecule has 0 aliphatic carbocycles. The largest absolute Gasteiger partial charge is 0.367 e. The number of anilines is 1. The molecule has 4 aromatic rings. The minimum absolute atomic E-state index is 0.0613. The fraction of sp³-hybridized carbons (Fsp3) is 0.0526. The molecule has 1 N–H and O–H groups in total. The van der Waals surface area contributed by atoms with E-state index in [1.54, 1.807) is 42.5 Å². The molecule has 0 atom stereocenters. The van der Waals surface area contributed by atoms with Crippen LogP contribution in [0.2, 0.25) is 0 Å². The zero-order valence-corrected chi connectivity index (χ0v) is 17.7. The number of halogens is 1. The maximum absolute atomic E-state index is 12.7. The van der Waals surface area contributed by atoms with Gasteiger partial charge in [0.25, 0.3) is 0 Å². The monoisotopic (exact) mass is 487 g/mol. The standard InChI is InChI=1S/C19H14BrN5O4S/c20-13-6-8-14(9-7-13)21-17(26)12-24-19(27)25-16(22-24)10-11-18(23-25)30(28,29)15-4-2-1-3-5-15/h1-11H,12H2,(H,21,26). The lowest BCUT2D eigenvalue weighted by molar-refractivity contribution is -0.117. The molecule has 0 saturated heterocycles. The van der Waals surface area contributed by atoms with E-state index in [-0.39, 0.29) is 22.1 Å². The Hall–Kier alpha value is -3.31. The van der Waals surface area contributed by atoms with Gasteiger partial charge in [-0.2, -0.15) is 4.52 Å². The highest BCUT2D eigenvalue weighted by Crippen LogP contribution is 2.18. The third-order valence-electron chi connectivity index (χ3n) is 4.17. The van der Waals surface area contributed by atoms with Crippen LogP contribution in [0.3, 0.4) is 0 Å². The number of hydrogen-bond donors (Lipinski definition) is 1. The molecule has 4 rings (SSSR count). The van der Waals surface area contributed by atoms with E-state index in [4.69, 9.17) is 0 Å². The predicted molar refractivity (Wildman–Crippen MR) is 112 cm³/mol. The molecule has 2 aromatic carbocycles. The fourth-order valence-corrected chi connectivity index (χ4v) is 4.19. The lowest BCUT2D eigenvalue weighted by Gasteiger charge is -2.04. The molecule has 0 spiro atoms. The van der Waals surface area contributed by atoms with Crippen molar-refractivity contribution in [1.29, 1.82) is 0 Å². The van der Waals surface area contributed by atoms with E-state index < -0.39 is 21.4 Å². The summed E-state index contributed by atoms with van der Waals surface area (Å²) in [5.74, 6) is -0.458. The number of hydrogen-bond acceptors (Lipinski definition) is 6. The first-order valence-corrected chi connectivity index (χ1v) is 10.9. The zero-order chi connectivity index (χ0) is 21.3. The van der Waals surface area contributed by atoms with Crippen LogP contribution in [0.4, 0.5) is 5.69 Å². The number of rotatable bonds is 5. The molecule has 0 aliphatic heterocycles. The van der Waals surface area contributed by atoms with Gasteiger partial charge in [0.05, 0.1) is 4.90 Å². The highest BCUT2D eigenvalue weighted by Gasteiger charge is 2.21. The van der Waals surface area contributed by atoms with E-state index in [0.29, 0.717) is 5.69 Å². The van der Waals surface area contributed by atoms with Crippen LogP contribution in [0.15, 0.2) is 85.9 Å². The first-order chi connectivity index (χ1) is 14.3. The molecule has 0 aliphatic rings. The number of carbonyl (C=O) groups excluding carboxylic acids is 1. The summed E-state index contributed by atoms with van der Waals surface area (Å²) in [4.78, 5) is 24.9. The summed E-state index contributed by atoms with van der Waals surface area (Å²) in [6.45, 7) is -0.348. The summed E-state index contributed by atoms with van der Waals surface area (Å²) in [5.41, 5.74) is -0.0288. The van der Waals surface area contributed by atoms with Gasteiger partial charge in [0, 0.05) is 10.2 Å². The van der Waals surface area contributed by atoms with Gasteiger partial charge in [-0.3, -0.25) is 4.79 Å². The van der Waals surface area contributed by atoms with Crippen LogP contribution in [0.1, 0.15) is 0 Å². The molecule has 11 heteroatoms. The second-order valence-corrected chi connectivity index (χ2v) is 9.07. The summed E-state index contributed by atoms with van der Waals surface area (Å²) in [7, 11) is -3.90. The molecule has 9 nitrogen and oxygen atoms in total. The van der Waals surface area contributed by atoms with Crippen molar-refractivity contribution >= 4 is 43.0 Å². The molecule has 2 aromatic heterocycles. The second kappa shape index (κ2) is 7.84. The summed E-state index contributed by atoms with van der Waals surface area (Å²) in [5, 5.41) is 10.4. The van der Waals surface area contributed by atoms with E-state index in [1.807, 2.05) is 0 Å². The lowest BCUT2D eigenvalue weighted by Crippen LogP contribution is -2.29. The quantitative estimate of drug-likeness (QED) is 0.460. The molecule has 152 valence electrons. The van der Waals surface area contributed by atoms with Crippen molar-refractivity contribution in [3.05, 3.63) is 81.7 Å². The average Bonchev–Trinajstić information content (AvgIpc) is 3.05. The maximum Gasteiger partial charge on any atom is 0.367 e. The number of nitrogens with zero attached hydrogens (tertiary/aromatic N) is 4. The minimum atomic E-state index is -3.90. The van der Waals surface area contributed by atoms with Crippen molar-refractivity contribution in [2.24, 2.45) is 0 Å². The highest BCUT2D eigenvalue weighted by molar-refractivity contribution is 9.10. The van der Waals surface area contributed by atoms with Crippen molar-refractivity contribution in [2.45, 2.75) is 16.5 Å². The SMILES string of the molecule is O=C(Cn1nc2ccc(S(=O)(=O)c3ccccc3)nn2c1=O)Nc1ccc(Br)cc1. The van der Waals surface area contributed by atoms with Gasteiger partial charge in [0.15, 0.2) is 10.7 Å². The van der Waals surface area contributed by atoms with Crippen LogP contribution in [0.5, 0.6) is 0 Å². The lowest BCUT2D eigenvalue weighted by atomic mass is 10.3. The van der Waals surface area contributed by atoms with Gasteiger partial charge >= 0.3 is 5.69 Å². The predicted octanol–water partition coefficient (Wildman–Crippen LogP) is 2.12. The first-order valence-electron chi connectivity index (χ1n) is 8.67. The van der Waals surface area contributed by atoms with Crippen LogP contribution in [0.25, 0.3) is 5.65 Å². The van der Waals surface area contributed by atoms with Gasteiger partial charge in [0.1, 0.15) is 6.54 Å². The van der Waals surface area contributed by atoms with Crippen LogP contribution >= 0.6 is 15.9 Å². The Balaban J connectivity index is 1.62. The zero-order valence-electron chi connectivity index (χ0n) is 15.3. The summed E-state index contributed by atoms with van der Waals surface area (Å²) in [6, 6.07) is 17.4. The molecular weight excluding hydrogens is 474 g/mol. The number of benzene rings is 2. The normalized spacial score (nSPS) is 11.5.